The molecule has 2 heterocycles. The van der Waals surface area contributed by atoms with Gasteiger partial charge in [0.05, 0.1) is 12.5 Å². The molecule has 2 rings (SSSR count). The molecule has 0 aromatic carbocycles. The molecule has 0 aliphatic carbocycles. The largest absolute Gasteiger partial charge is 0.469 e. The minimum atomic E-state index is 0.298. The quantitative estimate of drug-likeness (QED) is 0.853. The second-order valence-corrected chi connectivity index (χ2v) is 4.72. The highest BCUT2D eigenvalue weighted by Crippen LogP contribution is 2.20. The van der Waals surface area contributed by atoms with Gasteiger partial charge in [0.25, 0.3) is 0 Å². The van der Waals surface area contributed by atoms with E-state index in [2.05, 4.69) is 29.6 Å². The SMILES string of the molecule is CCCNC(Cc1cnn(C)c1)c1coc(C)c1. The third-order valence-corrected chi connectivity index (χ3v) is 2.99. The molecule has 1 atom stereocenters. The van der Waals surface area contributed by atoms with Crippen molar-refractivity contribution in [1.29, 1.82) is 0 Å². The lowest BCUT2D eigenvalue weighted by atomic mass is 10.0. The summed E-state index contributed by atoms with van der Waals surface area (Å²) in [4.78, 5) is 0. The van der Waals surface area contributed by atoms with E-state index >= 15 is 0 Å². The number of aryl methyl sites for hydroxylation is 2. The first-order valence-corrected chi connectivity index (χ1v) is 6.45. The molecule has 1 N–H and O–H groups in total. The van der Waals surface area contributed by atoms with Crippen LogP contribution in [0.2, 0.25) is 0 Å². The van der Waals surface area contributed by atoms with E-state index in [-0.39, 0.29) is 0 Å². The molecule has 0 aliphatic rings. The first-order chi connectivity index (χ1) is 8.69. The van der Waals surface area contributed by atoms with Gasteiger partial charge in [-0.15, -0.1) is 0 Å². The normalized spacial score (nSPS) is 12.8. The van der Waals surface area contributed by atoms with E-state index in [0.29, 0.717) is 6.04 Å². The van der Waals surface area contributed by atoms with Crippen LogP contribution in [0.3, 0.4) is 0 Å². The first-order valence-electron chi connectivity index (χ1n) is 6.45. The van der Waals surface area contributed by atoms with Crippen LogP contribution in [0, 0.1) is 6.92 Å². The fraction of sp³-hybridized carbons (Fsp3) is 0.500. The molecule has 2 aromatic heterocycles. The predicted octanol–water partition coefficient (Wildman–Crippen LogP) is 2.60. The molecule has 1 unspecified atom stereocenters. The van der Waals surface area contributed by atoms with Crippen LogP contribution in [0.5, 0.6) is 0 Å². The molecule has 0 bridgehead atoms. The van der Waals surface area contributed by atoms with E-state index in [9.17, 15) is 0 Å². The number of hydrogen-bond acceptors (Lipinski definition) is 3. The van der Waals surface area contributed by atoms with Gasteiger partial charge in [-0.2, -0.15) is 5.10 Å². The number of rotatable bonds is 6. The van der Waals surface area contributed by atoms with Crippen molar-refractivity contribution in [1.82, 2.24) is 15.1 Å². The zero-order chi connectivity index (χ0) is 13.0. The van der Waals surface area contributed by atoms with Crippen molar-refractivity contribution >= 4 is 0 Å². The standard InChI is InChI=1S/C14H21N3O/c1-4-5-15-14(13-6-11(2)18-10-13)7-12-8-16-17(3)9-12/h6,8-10,14-15H,4-5,7H2,1-3H3. The van der Waals surface area contributed by atoms with Crippen LogP contribution in [-0.4, -0.2) is 16.3 Å². The molecule has 0 saturated carbocycles. The van der Waals surface area contributed by atoms with Crippen LogP contribution >= 0.6 is 0 Å². The van der Waals surface area contributed by atoms with Crippen molar-refractivity contribution < 1.29 is 4.42 Å². The van der Waals surface area contributed by atoms with Gasteiger partial charge in [-0.1, -0.05) is 6.92 Å². The fourth-order valence-corrected chi connectivity index (χ4v) is 2.09. The minimum absolute atomic E-state index is 0.298. The van der Waals surface area contributed by atoms with Gasteiger partial charge in [0.1, 0.15) is 5.76 Å². The summed E-state index contributed by atoms with van der Waals surface area (Å²) in [5, 5.41) is 7.77. The van der Waals surface area contributed by atoms with Crippen molar-refractivity contribution in [3.05, 3.63) is 41.6 Å². The Hall–Kier alpha value is -1.55. The van der Waals surface area contributed by atoms with Crippen molar-refractivity contribution in [2.24, 2.45) is 7.05 Å². The summed E-state index contributed by atoms with van der Waals surface area (Å²) in [5.74, 6) is 0.958. The molecular weight excluding hydrogens is 226 g/mol. The topological polar surface area (TPSA) is 43.0 Å². The Kier molecular flexibility index (Phi) is 4.20. The van der Waals surface area contributed by atoms with Crippen molar-refractivity contribution in [2.45, 2.75) is 32.7 Å². The maximum Gasteiger partial charge on any atom is 0.101 e. The third-order valence-electron chi connectivity index (χ3n) is 2.99. The van der Waals surface area contributed by atoms with Gasteiger partial charge in [-0.3, -0.25) is 4.68 Å². The number of nitrogens with zero attached hydrogens (tertiary/aromatic N) is 2. The lowest BCUT2D eigenvalue weighted by molar-refractivity contribution is 0.503. The Bertz CT molecular complexity index is 487. The molecule has 0 radical (unpaired) electrons. The summed E-state index contributed by atoms with van der Waals surface area (Å²) in [5.41, 5.74) is 2.45. The molecule has 0 amide bonds. The Labute approximate surface area is 108 Å². The molecule has 0 saturated heterocycles. The Morgan fingerprint density at radius 2 is 2.33 bits per heavy atom. The third kappa shape index (κ3) is 3.23. The van der Waals surface area contributed by atoms with E-state index < -0.39 is 0 Å². The minimum Gasteiger partial charge on any atom is -0.469 e. The molecule has 0 aliphatic heterocycles. The van der Waals surface area contributed by atoms with Crippen LogP contribution in [0.4, 0.5) is 0 Å². The zero-order valence-corrected chi connectivity index (χ0v) is 11.3. The van der Waals surface area contributed by atoms with Gasteiger partial charge < -0.3 is 9.73 Å². The Morgan fingerprint density at radius 3 is 2.89 bits per heavy atom. The second-order valence-electron chi connectivity index (χ2n) is 4.72. The van der Waals surface area contributed by atoms with Crippen LogP contribution < -0.4 is 5.32 Å². The smallest absolute Gasteiger partial charge is 0.101 e. The van der Waals surface area contributed by atoms with Gasteiger partial charge in [-0.05, 0) is 37.9 Å². The number of furan rings is 1. The zero-order valence-electron chi connectivity index (χ0n) is 11.3. The van der Waals surface area contributed by atoms with E-state index in [1.54, 1.807) is 0 Å². The van der Waals surface area contributed by atoms with E-state index in [1.165, 1.54) is 11.1 Å². The van der Waals surface area contributed by atoms with Gasteiger partial charge in [0.15, 0.2) is 0 Å². The number of aromatic nitrogens is 2. The summed E-state index contributed by atoms with van der Waals surface area (Å²) >= 11 is 0. The molecular formula is C14H21N3O. The van der Waals surface area contributed by atoms with E-state index in [0.717, 1.165) is 25.1 Å². The monoisotopic (exact) mass is 247 g/mol. The molecule has 4 heteroatoms. The highest BCUT2D eigenvalue weighted by molar-refractivity contribution is 5.20. The summed E-state index contributed by atoms with van der Waals surface area (Å²) < 4.78 is 7.25. The molecule has 4 nitrogen and oxygen atoms in total. The van der Waals surface area contributed by atoms with Crippen LogP contribution in [-0.2, 0) is 13.5 Å². The van der Waals surface area contributed by atoms with Crippen LogP contribution in [0.25, 0.3) is 0 Å². The fourth-order valence-electron chi connectivity index (χ4n) is 2.09. The van der Waals surface area contributed by atoms with Gasteiger partial charge in [0, 0.05) is 24.8 Å². The first kappa shape index (κ1) is 12.9. The predicted molar refractivity (Wildman–Crippen MR) is 71.4 cm³/mol. The summed E-state index contributed by atoms with van der Waals surface area (Å²) in [7, 11) is 1.94. The average Bonchev–Trinajstić information content (AvgIpc) is 2.93. The maximum atomic E-state index is 5.41. The Balaban J connectivity index is 2.09. The highest BCUT2D eigenvalue weighted by atomic mass is 16.3. The van der Waals surface area contributed by atoms with Crippen molar-refractivity contribution in [2.75, 3.05) is 6.54 Å². The Morgan fingerprint density at radius 1 is 1.50 bits per heavy atom. The lowest BCUT2D eigenvalue weighted by Crippen LogP contribution is -2.23. The second kappa shape index (κ2) is 5.87. The van der Waals surface area contributed by atoms with Crippen LogP contribution in [0.1, 0.15) is 36.3 Å². The lowest BCUT2D eigenvalue weighted by Gasteiger charge is -2.16. The summed E-state index contributed by atoms with van der Waals surface area (Å²) in [6.07, 6.45) is 7.90. The van der Waals surface area contributed by atoms with E-state index in [4.69, 9.17) is 4.42 Å². The van der Waals surface area contributed by atoms with Crippen molar-refractivity contribution in [3.8, 4) is 0 Å². The number of nitrogens with one attached hydrogen (secondary N) is 1. The molecule has 18 heavy (non-hydrogen) atoms. The number of hydrogen-bond donors (Lipinski definition) is 1. The van der Waals surface area contributed by atoms with Crippen molar-refractivity contribution in [3.63, 3.8) is 0 Å². The average molecular weight is 247 g/mol. The molecule has 0 fully saturated rings. The summed E-state index contributed by atoms with van der Waals surface area (Å²) in [6.45, 7) is 5.16. The molecule has 0 spiro atoms. The van der Waals surface area contributed by atoms with Gasteiger partial charge in [-0.25, -0.2) is 0 Å². The van der Waals surface area contributed by atoms with Gasteiger partial charge in [0.2, 0.25) is 0 Å². The summed E-state index contributed by atoms with van der Waals surface area (Å²) in [6, 6.07) is 2.40. The van der Waals surface area contributed by atoms with Crippen LogP contribution in [0.15, 0.2) is 29.1 Å². The molecule has 98 valence electrons. The molecule has 2 aromatic rings. The highest BCUT2D eigenvalue weighted by Gasteiger charge is 2.14. The van der Waals surface area contributed by atoms with E-state index in [1.807, 2.05) is 31.1 Å². The van der Waals surface area contributed by atoms with Gasteiger partial charge >= 0.3 is 0 Å². The maximum absolute atomic E-state index is 5.41.